The second-order valence-corrected chi connectivity index (χ2v) is 7.32. The van der Waals surface area contributed by atoms with Crippen molar-refractivity contribution in [3.63, 3.8) is 0 Å². The van der Waals surface area contributed by atoms with Crippen LogP contribution < -0.4 is 0 Å². The zero-order chi connectivity index (χ0) is 14.8. The molecule has 0 radical (unpaired) electrons. The van der Waals surface area contributed by atoms with E-state index < -0.39 is 0 Å². The highest BCUT2D eigenvalue weighted by Crippen LogP contribution is 2.43. The van der Waals surface area contributed by atoms with Gasteiger partial charge in [0.1, 0.15) is 0 Å². The number of rotatable bonds is 4. The fourth-order valence-corrected chi connectivity index (χ4v) is 4.57. The summed E-state index contributed by atoms with van der Waals surface area (Å²) in [4.78, 5) is 5.33. The Morgan fingerprint density at radius 2 is 1.55 bits per heavy atom. The fourth-order valence-electron chi connectivity index (χ4n) is 4.57. The topological polar surface area (TPSA) is 6.48 Å². The van der Waals surface area contributed by atoms with Gasteiger partial charge in [0.15, 0.2) is 0 Å². The molecule has 0 saturated carbocycles. The Morgan fingerprint density at radius 1 is 0.864 bits per heavy atom. The highest BCUT2D eigenvalue weighted by molar-refractivity contribution is 5.65. The number of likely N-dealkylation sites (tertiary alicyclic amines) is 2. The van der Waals surface area contributed by atoms with Crippen LogP contribution in [0.25, 0.3) is 6.08 Å². The van der Waals surface area contributed by atoms with Crippen LogP contribution in [0, 0.1) is 0 Å². The van der Waals surface area contributed by atoms with Crippen LogP contribution in [-0.4, -0.2) is 49.1 Å². The van der Waals surface area contributed by atoms with E-state index in [4.69, 9.17) is 0 Å². The monoisotopic (exact) mass is 296 g/mol. The van der Waals surface area contributed by atoms with Gasteiger partial charge in [-0.3, -0.25) is 0 Å². The lowest BCUT2D eigenvalue weighted by Gasteiger charge is -2.39. The first-order chi connectivity index (χ1) is 10.9. The maximum atomic E-state index is 2.69. The lowest BCUT2D eigenvalue weighted by molar-refractivity contribution is 0.175. The molecule has 3 aliphatic rings. The van der Waals surface area contributed by atoms with Crippen LogP contribution >= 0.6 is 0 Å². The zero-order valence-electron chi connectivity index (χ0n) is 13.6. The largest absolute Gasteiger partial charge is 0.303 e. The van der Waals surface area contributed by atoms with Crippen LogP contribution in [-0.2, 0) is 5.41 Å². The second kappa shape index (κ2) is 6.17. The summed E-state index contributed by atoms with van der Waals surface area (Å²) in [6.45, 7) is 7.80. The second-order valence-electron chi connectivity index (χ2n) is 7.32. The van der Waals surface area contributed by atoms with Gasteiger partial charge in [-0.2, -0.15) is 0 Å². The summed E-state index contributed by atoms with van der Waals surface area (Å²) in [7, 11) is 0. The number of benzene rings is 1. The van der Waals surface area contributed by atoms with Gasteiger partial charge in [-0.25, -0.2) is 0 Å². The molecule has 1 aromatic rings. The van der Waals surface area contributed by atoms with Gasteiger partial charge in [0.05, 0.1) is 0 Å². The first-order valence-corrected chi connectivity index (χ1v) is 9.09. The Kier molecular flexibility index (Phi) is 4.06. The van der Waals surface area contributed by atoms with Gasteiger partial charge in [-0.1, -0.05) is 36.4 Å². The van der Waals surface area contributed by atoms with E-state index in [1.54, 1.807) is 5.56 Å². The Hall–Kier alpha value is -1.12. The molecule has 1 aliphatic carbocycles. The Balaban J connectivity index is 1.29. The summed E-state index contributed by atoms with van der Waals surface area (Å²) < 4.78 is 0. The van der Waals surface area contributed by atoms with E-state index in [0.717, 1.165) is 0 Å². The Morgan fingerprint density at radius 3 is 2.32 bits per heavy atom. The molecule has 0 atom stereocenters. The van der Waals surface area contributed by atoms with Crippen LogP contribution in [0.3, 0.4) is 0 Å². The van der Waals surface area contributed by atoms with Gasteiger partial charge >= 0.3 is 0 Å². The van der Waals surface area contributed by atoms with Crippen LogP contribution in [0.4, 0.5) is 0 Å². The number of piperidine rings is 1. The molecular formula is C20H28N2. The maximum absolute atomic E-state index is 2.69. The normalized spacial score (nSPS) is 24.2. The van der Waals surface area contributed by atoms with Gasteiger partial charge in [0.2, 0.25) is 0 Å². The molecule has 118 valence electrons. The Labute approximate surface area is 134 Å². The summed E-state index contributed by atoms with van der Waals surface area (Å²) in [6, 6.07) is 8.98. The van der Waals surface area contributed by atoms with Crippen molar-refractivity contribution in [2.24, 2.45) is 0 Å². The van der Waals surface area contributed by atoms with E-state index in [0.29, 0.717) is 5.41 Å². The van der Waals surface area contributed by atoms with Crippen LogP contribution in [0.15, 0.2) is 30.3 Å². The first-order valence-electron chi connectivity index (χ1n) is 9.09. The van der Waals surface area contributed by atoms with Crippen molar-refractivity contribution in [2.75, 3.05) is 39.3 Å². The van der Waals surface area contributed by atoms with Crippen LogP contribution in [0.2, 0.25) is 0 Å². The molecule has 1 aromatic carbocycles. The van der Waals surface area contributed by atoms with E-state index in [2.05, 4.69) is 46.2 Å². The third kappa shape index (κ3) is 2.75. The number of fused-ring (bicyclic) bond motifs is 2. The number of nitrogens with zero attached hydrogens (tertiary/aromatic N) is 2. The third-order valence-electron chi connectivity index (χ3n) is 5.97. The summed E-state index contributed by atoms with van der Waals surface area (Å²) in [5.74, 6) is 0. The quantitative estimate of drug-likeness (QED) is 0.838. The Bertz CT molecular complexity index is 534. The molecule has 0 aromatic heterocycles. The van der Waals surface area contributed by atoms with Crippen molar-refractivity contribution in [3.05, 3.63) is 41.5 Å². The molecule has 0 bridgehead atoms. The molecule has 0 amide bonds. The minimum absolute atomic E-state index is 0.349. The summed E-state index contributed by atoms with van der Waals surface area (Å²) >= 11 is 0. The van der Waals surface area contributed by atoms with E-state index in [1.165, 1.54) is 76.9 Å². The summed E-state index contributed by atoms with van der Waals surface area (Å²) in [5, 5.41) is 0. The smallest absolute Gasteiger partial charge is 0.0165 e. The molecule has 2 fully saturated rings. The van der Waals surface area contributed by atoms with Gasteiger partial charge in [-0.05, 0) is 82.5 Å². The van der Waals surface area contributed by atoms with Gasteiger partial charge < -0.3 is 9.80 Å². The van der Waals surface area contributed by atoms with Crippen molar-refractivity contribution in [1.29, 1.82) is 0 Å². The molecule has 22 heavy (non-hydrogen) atoms. The van der Waals surface area contributed by atoms with E-state index >= 15 is 0 Å². The minimum atomic E-state index is 0.349. The molecule has 2 nitrogen and oxygen atoms in total. The van der Waals surface area contributed by atoms with Gasteiger partial charge in [0.25, 0.3) is 0 Å². The van der Waals surface area contributed by atoms with E-state index in [-0.39, 0.29) is 0 Å². The molecular weight excluding hydrogens is 268 g/mol. The lowest BCUT2D eigenvalue weighted by Crippen LogP contribution is -2.41. The predicted molar refractivity (Wildman–Crippen MR) is 93.1 cm³/mol. The highest BCUT2D eigenvalue weighted by Gasteiger charge is 2.37. The van der Waals surface area contributed by atoms with Crippen molar-refractivity contribution in [3.8, 4) is 0 Å². The van der Waals surface area contributed by atoms with E-state index in [9.17, 15) is 0 Å². The fraction of sp³-hybridized carbons (Fsp3) is 0.600. The lowest BCUT2D eigenvalue weighted by atomic mass is 9.74. The van der Waals surface area contributed by atoms with Crippen LogP contribution in [0.1, 0.15) is 43.2 Å². The number of allylic oxidation sites excluding steroid dienone is 1. The average Bonchev–Trinajstić information content (AvgIpc) is 3.19. The van der Waals surface area contributed by atoms with E-state index in [1.807, 2.05) is 0 Å². The van der Waals surface area contributed by atoms with Crippen molar-refractivity contribution < 1.29 is 0 Å². The molecule has 1 spiro atoms. The number of hydrogen-bond acceptors (Lipinski definition) is 2. The van der Waals surface area contributed by atoms with Gasteiger partial charge in [0, 0.05) is 5.41 Å². The SMILES string of the molecule is C1=CC2(CCN(CCCN3CCCC3)CC2)c2ccccc21. The molecule has 0 N–H and O–H groups in total. The van der Waals surface area contributed by atoms with Crippen LogP contribution in [0.5, 0.6) is 0 Å². The molecule has 2 aliphatic heterocycles. The molecule has 2 heteroatoms. The summed E-state index contributed by atoms with van der Waals surface area (Å²) in [6.07, 6.45) is 11.6. The van der Waals surface area contributed by atoms with Crippen molar-refractivity contribution >= 4 is 6.08 Å². The standard InChI is InChI=1S/C20H28N2/c1-2-7-19-18(6-1)8-9-20(19)10-16-22(17-11-20)15-5-14-21-12-3-4-13-21/h1-2,6-9H,3-5,10-17H2. The molecule has 2 heterocycles. The number of hydrogen-bond donors (Lipinski definition) is 0. The molecule has 4 rings (SSSR count). The van der Waals surface area contributed by atoms with Crippen molar-refractivity contribution in [1.82, 2.24) is 9.80 Å². The maximum Gasteiger partial charge on any atom is 0.0165 e. The highest BCUT2D eigenvalue weighted by atomic mass is 15.2. The molecule has 0 unspecified atom stereocenters. The third-order valence-corrected chi connectivity index (χ3v) is 5.97. The zero-order valence-corrected chi connectivity index (χ0v) is 13.6. The molecule has 2 saturated heterocycles. The predicted octanol–water partition coefficient (Wildman–Crippen LogP) is 3.53. The first kappa shape index (κ1) is 14.5. The average molecular weight is 296 g/mol. The van der Waals surface area contributed by atoms with Crippen molar-refractivity contribution in [2.45, 2.75) is 37.5 Å². The minimum Gasteiger partial charge on any atom is -0.303 e. The van der Waals surface area contributed by atoms with Gasteiger partial charge in [-0.15, -0.1) is 0 Å². The summed E-state index contributed by atoms with van der Waals surface area (Å²) in [5.41, 5.74) is 3.37.